The monoisotopic (exact) mass is 618 g/mol. The number of fused-ring (bicyclic) bond motifs is 12. The Morgan fingerprint density at radius 2 is 1.28 bits per heavy atom. The Kier molecular flexibility index (Phi) is 5.50. The molecule has 0 saturated heterocycles. The molecule has 0 amide bonds. The smallest absolute Gasteiger partial charge is 0.101 e. The van der Waals surface area contributed by atoms with Gasteiger partial charge < -0.3 is 9.13 Å². The van der Waals surface area contributed by atoms with Crippen LogP contribution in [0.15, 0.2) is 103 Å². The van der Waals surface area contributed by atoms with Gasteiger partial charge in [0, 0.05) is 42.7 Å². The van der Waals surface area contributed by atoms with Gasteiger partial charge in [0.2, 0.25) is 0 Å². The van der Waals surface area contributed by atoms with Crippen LogP contribution in [-0.2, 0) is 19.3 Å². The van der Waals surface area contributed by atoms with E-state index in [2.05, 4.69) is 112 Å². The largest absolute Gasteiger partial charge is 0.312 e. The molecule has 2 aliphatic rings. The van der Waals surface area contributed by atoms with E-state index < -0.39 is 0 Å². The molecule has 5 heteroatoms. The second-order valence-corrected chi connectivity index (χ2v) is 13.7. The molecular formula is C42H26N4S. The second kappa shape index (κ2) is 9.81. The van der Waals surface area contributed by atoms with E-state index in [1.807, 2.05) is 29.5 Å². The van der Waals surface area contributed by atoms with Crippen LogP contribution in [0.1, 0.15) is 38.6 Å². The predicted octanol–water partition coefficient (Wildman–Crippen LogP) is 10.4. The highest BCUT2D eigenvalue weighted by molar-refractivity contribution is 7.12. The maximum absolute atomic E-state index is 10.8. The van der Waals surface area contributed by atoms with Gasteiger partial charge >= 0.3 is 0 Å². The van der Waals surface area contributed by atoms with Gasteiger partial charge in [-0.05, 0) is 72.4 Å². The van der Waals surface area contributed by atoms with Crippen LogP contribution in [0.2, 0.25) is 0 Å². The Morgan fingerprint density at radius 3 is 2.06 bits per heavy atom. The summed E-state index contributed by atoms with van der Waals surface area (Å²) in [7, 11) is 0. The third kappa shape index (κ3) is 3.55. The van der Waals surface area contributed by atoms with Crippen LogP contribution < -0.4 is 0 Å². The first-order valence-electron chi connectivity index (χ1n) is 16.1. The maximum atomic E-state index is 10.8. The third-order valence-electron chi connectivity index (χ3n) is 10.1. The lowest BCUT2D eigenvalue weighted by Crippen LogP contribution is -2.09. The van der Waals surface area contributed by atoms with E-state index in [1.165, 1.54) is 48.3 Å². The fourth-order valence-corrected chi connectivity index (χ4v) is 9.53. The topological polar surface area (TPSA) is 57.4 Å². The molecule has 47 heavy (non-hydrogen) atoms. The van der Waals surface area contributed by atoms with Gasteiger partial charge in [-0.15, -0.1) is 11.3 Å². The van der Waals surface area contributed by atoms with Crippen molar-refractivity contribution in [1.82, 2.24) is 9.13 Å². The zero-order chi connectivity index (χ0) is 31.2. The Bertz CT molecular complexity index is 2770. The van der Waals surface area contributed by atoms with Crippen LogP contribution in [0.25, 0.3) is 72.1 Å². The molecule has 4 nitrogen and oxygen atoms in total. The second-order valence-electron chi connectivity index (χ2n) is 12.5. The van der Waals surface area contributed by atoms with E-state index >= 15 is 0 Å². The molecule has 0 radical (unpaired) electrons. The minimum atomic E-state index is 0.536. The normalized spacial score (nSPS) is 13.5. The number of hydrogen-bond acceptors (Lipinski definition) is 3. The molecule has 0 bridgehead atoms. The number of aryl methyl sites for hydroxylation is 2. The number of para-hydroxylation sites is 2. The lowest BCUT2D eigenvalue weighted by Gasteiger charge is -2.20. The number of allylic oxidation sites excluding steroid dienone is 1. The van der Waals surface area contributed by atoms with Crippen LogP contribution >= 0.6 is 11.3 Å². The fourth-order valence-electron chi connectivity index (χ4n) is 8.21. The predicted molar refractivity (Wildman–Crippen MR) is 193 cm³/mol. The van der Waals surface area contributed by atoms with Gasteiger partial charge in [0.25, 0.3) is 0 Å². The van der Waals surface area contributed by atoms with Crippen LogP contribution in [0.5, 0.6) is 0 Å². The van der Waals surface area contributed by atoms with Gasteiger partial charge in [0.15, 0.2) is 0 Å². The van der Waals surface area contributed by atoms with E-state index in [-0.39, 0.29) is 0 Å². The Hall–Kier alpha value is -5.88. The number of nitrogens with zero attached hydrogens (tertiary/aromatic N) is 4. The number of thiophene rings is 1. The summed E-state index contributed by atoms with van der Waals surface area (Å²) in [5.41, 5.74) is 10.9. The zero-order valence-corrected chi connectivity index (χ0v) is 26.2. The highest BCUT2D eigenvalue weighted by Crippen LogP contribution is 2.49. The molecular weight excluding hydrogens is 593 g/mol. The maximum Gasteiger partial charge on any atom is 0.101 e. The van der Waals surface area contributed by atoms with Crippen molar-refractivity contribution in [3.8, 4) is 34.6 Å². The van der Waals surface area contributed by atoms with Gasteiger partial charge in [0.05, 0.1) is 39.1 Å². The molecule has 0 spiro atoms. The van der Waals surface area contributed by atoms with Gasteiger partial charge in [-0.3, -0.25) is 0 Å². The summed E-state index contributed by atoms with van der Waals surface area (Å²) in [6.07, 6.45) is 8.66. The number of rotatable bonds is 2. The van der Waals surface area contributed by atoms with Gasteiger partial charge in [-0.1, -0.05) is 78.9 Å². The highest BCUT2D eigenvalue weighted by atomic mass is 32.1. The van der Waals surface area contributed by atoms with Crippen molar-refractivity contribution in [2.24, 2.45) is 0 Å². The Labute approximate surface area is 275 Å². The average Bonchev–Trinajstić information content (AvgIpc) is 3.78. The molecule has 2 aliphatic carbocycles. The molecule has 0 fully saturated rings. The summed E-state index contributed by atoms with van der Waals surface area (Å²) in [5, 5.41) is 27.3. The molecule has 3 aromatic heterocycles. The van der Waals surface area contributed by atoms with Gasteiger partial charge in [-0.2, -0.15) is 10.5 Å². The molecule has 0 N–H and O–H groups in total. The van der Waals surface area contributed by atoms with E-state index in [0.717, 1.165) is 64.4 Å². The summed E-state index contributed by atoms with van der Waals surface area (Å²) >= 11 is 1.97. The van der Waals surface area contributed by atoms with Crippen LogP contribution in [0, 0.1) is 22.7 Å². The average molecular weight is 619 g/mol. The highest BCUT2D eigenvalue weighted by Gasteiger charge is 2.31. The molecule has 0 unspecified atom stereocenters. The first-order chi connectivity index (χ1) is 23.2. The van der Waals surface area contributed by atoms with Crippen molar-refractivity contribution in [2.45, 2.75) is 25.7 Å². The SMILES string of the molecule is N#Cc1cc(-n2c3ccccc3c3c4ccccc4ccc32)c(C#N)cc1-n1c2c(c3ccccc31)-c1c(sc3c1C=CCC3)CC2. The number of aromatic nitrogens is 2. The third-order valence-corrected chi connectivity index (χ3v) is 11.5. The number of hydrogen-bond donors (Lipinski definition) is 0. The minimum Gasteiger partial charge on any atom is -0.312 e. The van der Waals surface area contributed by atoms with Crippen molar-refractivity contribution in [1.29, 1.82) is 10.5 Å². The Balaban J connectivity index is 1.27. The van der Waals surface area contributed by atoms with Crippen molar-refractivity contribution in [2.75, 3.05) is 0 Å². The molecule has 3 heterocycles. The Morgan fingerprint density at radius 1 is 0.596 bits per heavy atom. The number of benzene rings is 5. The summed E-state index contributed by atoms with van der Waals surface area (Å²) in [4.78, 5) is 2.94. The first kappa shape index (κ1) is 26.3. The van der Waals surface area contributed by atoms with Crippen LogP contribution in [0.3, 0.4) is 0 Å². The molecule has 5 aromatic carbocycles. The van der Waals surface area contributed by atoms with Crippen LogP contribution in [-0.4, -0.2) is 9.13 Å². The summed E-state index contributed by atoms with van der Waals surface area (Å²) in [5.74, 6) is 0. The van der Waals surface area contributed by atoms with E-state index in [4.69, 9.17) is 0 Å². The van der Waals surface area contributed by atoms with Gasteiger partial charge in [-0.25, -0.2) is 0 Å². The molecule has 0 aliphatic heterocycles. The van der Waals surface area contributed by atoms with Crippen LogP contribution in [0.4, 0.5) is 0 Å². The lowest BCUT2D eigenvalue weighted by molar-refractivity contribution is 0.875. The molecule has 0 saturated carbocycles. The minimum absolute atomic E-state index is 0.536. The summed E-state index contributed by atoms with van der Waals surface area (Å²) in [6.45, 7) is 0. The fraction of sp³-hybridized carbons (Fsp3) is 0.0952. The summed E-state index contributed by atoms with van der Waals surface area (Å²) in [6, 6.07) is 38.6. The summed E-state index contributed by atoms with van der Waals surface area (Å²) < 4.78 is 4.44. The van der Waals surface area contributed by atoms with E-state index in [1.54, 1.807) is 0 Å². The quantitative estimate of drug-likeness (QED) is 0.194. The molecule has 0 atom stereocenters. The molecule has 8 aromatic rings. The van der Waals surface area contributed by atoms with Crippen molar-refractivity contribution < 1.29 is 0 Å². The first-order valence-corrected chi connectivity index (χ1v) is 16.9. The van der Waals surface area contributed by atoms with Gasteiger partial charge in [0.1, 0.15) is 12.1 Å². The lowest BCUT2D eigenvalue weighted by atomic mass is 9.88. The molecule has 10 rings (SSSR count). The molecule has 220 valence electrons. The standard InChI is InChI=1S/C42H26N4S/c43-23-26-22-37(46-33-15-7-4-12-30(33)41-35(46)19-20-39-42(41)31-13-5-8-16-38(31)47-39)27(24-44)21-36(26)45-32-14-6-3-11-29(32)40-28-10-2-1-9-25(28)17-18-34(40)45/h1-7,9-15,17-18,21-22H,8,16,19-20H2. The zero-order valence-electron chi connectivity index (χ0n) is 25.4. The van der Waals surface area contributed by atoms with Crippen molar-refractivity contribution in [3.63, 3.8) is 0 Å². The van der Waals surface area contributed by atoms with Crippen molar-refractivity contribution in [3.05, 3.63) is 135 Å². The van der Waals surface area contributed by atoms with E-state index in [9.17, 15) is 10.5 Å². The van der Waals surface area contributed by atoms with E-state index in [0.29, 0.717) is 11.1 Å². The number of nitriles is 2. The van der Waals surface area contributed by atoms with Crippen molar-refractivity contribution >= 4 is 60.9 Å².